The first kappa shape index (κ1) is 27.9. The number of methoxy groups -OCH3 is 1. The molecule has 3 aromatic carbocycles. The Labute approximate surface area is 230 Å². The van der Waals surface area contributed by atoms with E-state index in [9.17, 15) is 18.8 Å². The van der Waals surface area contributed by atoms with E-state index in [0.717, 1.165) is 33.5 Å². The second-order valence-corrected chi connectivity index (χ2v) is 10.2. The molecule has 3 aromatic rings. The molecule has 0 atom stereocenters. The van der Waals surface area contributed by atoms with Crippen molar-refractivity contribution in [2.45, 2.75) is 26.7 Å². The fourth-order valence-corrected chi connectivity index (χ4v) is 4.80. The van der Waals surface area contributed by atoms with Gasteiger partial charge in [0.2, 0.25) is 0 Å². The summed E-state index contributed by atoms with van der Waals surface area (Å²) in [6.07, 6.45) is 1.58. The third-order valence-electron chi connectivity index (χ3n) is 6.01. The number of aryl methyl sites for hydroxylation is 1. The Hall–Kier alpha value is -4.11. The van der Waals surface area contributed by atoms with Crippen LogP contribution in [0, 0.1) is 12.7 Å². The van der Waals surface area contributed by atoms with E-state index < -0.39 is 17.7 Å². The number of hydrogen-bond donors (Lipinski definition) is 0. The lowest BCUT2D eigenvalue weighted by atomic mass is 10.0. The molecule has 0 aromatic heterocycles. The number of esters is 1. The predicted molar refractivity (Wildman–Crippen MR) is 148 cm³/mol. The molecule has 7 nitrogen and oxygen atoms in total. The first-order valence-corrected chi connectivity index (χ1v) is 13.1. The molecular weight excluding hydrogens is 521 g/mol. The smallest absolute Gasteiger partial charge is 0.343 e. The Kier molecular flexibility index (Phi) is 8.71. The van der Waals surface area contributed by atoms with Crippen molar-refractivity contribution in [3.63, 3.8) is 0 Å². The van der Waals surface area contributed by atoms with Crippen LogP contribution < -0.4 is 14.2 Å². The molecule has 0 spiro atoms. The highest BCUT2D eigenvalue weighted by molar-refractivity contribution is 8.18. The summed E-state index contributed by atoms with van der Waals surface area (Å²) in [5.41, 5.74) is 2.89. The van der Waals surface area contributed by atoms with Crippen LogP contribution in [0.15, 0.2) is 65.6 Å². The van der Waals surface area contributed by atoms with Crippen LogP contribution >= 0.6 is 11.8 Å². The van der Waals surface area contributed by atoms with Crippen LogP contribution in [0.2, 0.25) is 0 Å². The number of rotatable bonds is 9. The van der Waals surface area contributed by atoms with Crippen molar-refractivity contribution in [3.05, 3.63) is 93.6 Å². The van der Waals surface area contributed by atoms with Gasteiger partial charge >= 0.3 is 5.97 Å². The maximum absolute atomic E-state index is 13.1. The maximum atomic E-state index is 13.1. The Morgan fingerprint density at radius 2 is 1.74 bits per heavy atom. The summed E-state index contributed by atoms with van der Waals surface area (Å²) < 4.78 is 29.8. The zero-order valence-electron chi connectivity index (χ0n) is 22.0. The van der Waals surface area contributed by atoms with Crippen LogP contribution in [0.4, 0.5) is 9.18 Å². The van der Waals surface area contributed by atoms with Gasteiger partial charge in [-0.2, -0.15) is 0 Å². The number of nitrogens with zero attached hydrogens (tertiary/aromatic N) is 1. The molecule has 1 fully saturated rings. The second-order valence-electron chi connectivity index (χ2n) is 9.18. The number of halogens is 1. The molecular formula is C30H28FNO6S. The lowest BCUT2D eigenvalue weighted by molar-refractivity contribution is -0.123. The average Bonchev–Trinajstić information content (AvgIpc) is 3.17. The molecule has 2 amide bonds. The van der Waals surface area contributed by atoms with Crippen LogP contribution in [0.3, 0.4) is 0 Å². The van der Waals surface area contributed by atoms with E-state index >= 15 is 0 Å². The number of imide groups is 1. The highest BCUT2D eigenvalue weighted by Gasteiger charge is 2.35. The third-order valence-corrected chi connectivity index (χ3v) is 6.91. The monoisotopic (exact) mass is 549 g/mol. The molecule has 1 saturated heterocycles. The summed E-state index contributed by atoms with van der Waals surface area (Å²) in [6.45, 7) is 6.44. The van der Waals surface area contributed by atoms with E-state index in [2.05, 4.69) is 13.8 Å². The number of ether oxygens (including phenoxy) is 3. The number of thioether (sulfide) groups is 1. The zero-order chi connectivity index (χ0) is 28.1. The molecule has 0 N–H and O–H groups in total. The van der Waals surface area contributed by atoms with Gasteiger partial charge < -0.3 is 14.2 Å². The Bertz CT molecular complexity index is 1430. The summed E-state index contributed by atoms with van der Waals surface area (Å²) in [5, 5.41) is -0.375. The van der Waals surface area contributed by atoms with Crippen molar-refractivity contribution in [2.75, 3.05) is 20.3 Å². The highest BCUT2D eigenvalue weighted by Crippen LogP contribution is 2.35. The van der Waals surface area contributed by atoms with Crippen molar-refractivity contribution in [1.29, 1.82) is 0 Å². The minimum absolute atomic E-state index is 0.120. The van der Waals surface area contributed by atoms with Crippen LogP contribution in [-0.2, 0) is 4.79 Å². The molecule has 0 aliphatic carbocycles. The number of benzene rings is 3. The normalized spacial score (nSPS) is 14.3. The van der Waals surface area contributed by atoms with Gasteiger partial charge in [0.25, 0.3) is 11.1 Å². The fraction of sp³-hybridized carbons (Fsp3) is 0.233. The number of hydrogen-bond acceptors (Lipinski definition) is 7. The van der Waals surface area contributed by atoms with Gasteiger partial charge in [-0.1, -0.05) is 32.0 Å². The minimum atomic E-state index is -0.671. The second kappa shape index (κ2) is 12.2. The van der Waals surface area contributed by atoms with Gasteiger partial charge in [0.1, 0.15) is 18.2 Å². The molecule has 1 aliphatic heterocycles. The standard InChI is InChI=1S/C30H28FNO6S/c1-18(2)23-11-5-19(3)15-25(23)37-14-13-32-28(33)27(39-30(32)35)17-20-6-12-24(26(16-20)36-4)38-29(34)21-7-9-22(31)10-8-21/h5-12,15-18H,13-14H2,1-4H3/b27-17-. The number of carbonyl (C=O) groups is 3. The van der Waals surface area contributed by atoms with Gasteiger partial charge in [-0.25, -0.2) is 9.18 Å². The van der Waals surface area contributed by atoms with Crippen molar-refractivity contribution >= 4 is 35.0 Å². The molecule has 202 valence electrons. The van der Waals surface area contributed by atoms with Crippen molar-refractivity contribution in [2.24, 2.45) is 0 Å². The summed E-state index contributed by atoms with van der Waals surface area (Å²) in [5.74, 6) is -0.104. The van der Waals surface area contributed by atoms with Gasteiger partial charge in [0.05, 0.1) is 24.1 Å². The zero-order valence-corrected chi connectivity index (χ0v) is 22.8. The van der Waals surface area contributed by atoms with E-state index in [0.29, 0.717) is 5.56 Å². The van der Waals surface area contributed by atoms with E-state index in [4.69, 9.17) is 14.2 Å². The topological polar surface area (TPSA) is 82.1 Å². The quantitative estimate of drug-likeness (QED) is 0.169. The third kappa shape index (κ3) is 6.67. The van der Waals surface area contributed by atoms with Crippen molar-refractivity contribution in [3.8, 4) is 17.2 Å². The van der Waals surface area contributed by atoms with Crippen molar-refractivity contribution in [1.82, 2.24) is 4.90 Å². The first-order chi connectivity index (χ1) is 18.7. The summed E-state index contributed by atoms with van der Waals surface area (Å²) >= 11 is 0.846. The highest BCUT2D eigenvalue weighted by atomic mass is 32.2. The van der Waals surface area contributed by atoms with Crippen LogP contribution in [0.5, 0.6) is 17.2 Å². The van der Waals surface area contributed by atoms with E-state index in [-0.39, 0.29) is 46.3 Å². The SMILES string of the molecule is COc1cc(/C=C2\SC(=O)N(CCOc3cc(C)ccc3C(C)C)C2=O)ccc1OC(=O)c1ccc(F)cc1. The van der Waals surface area contributed by atoms with Gasteiger partial charge in [0.15, 0.2) is 11.5 Å². The molecule has 39 heavy (non-hydrogen) atoms. The number of carbonyl (C=O) groups excluding carboxylic acids is 3. The molecule has 0 unspecified atom stereocenters. The van der Waals surface area contributed by atoms with Gasteiger partial charge in [0, 0.05) is 0 Å². The maximum Gasteiger partial charge on any atom is 0.343 e. The van der Waals surface area contributed by atoms with Crippen molar-refractivity contribution < 1.29 is 33.0 Å². The predicted octanol–water partition coefficient (Wildman–Crippen LogP) is 6.60. The Morgan fingerprint density at radius 3 is 2.44 bits per heavy atom. The van der Waals surface area contributed by atoms with E-state index in [1.54, 1.807) is 18.2 Å². The summed E-state index contributed by atoms with van der Waals surface area (Å²) in [4.78, 5) is 39.4. The molecule has 4 rings (SSSR count). The van der Waals surface area contributed by atoms with Gasteiger partial charge in [-0.05, 0) is 89.8 Å². The van der Waals surface area contributed by atoms with E-state index in [1.165, 1.54) is 37.4 Å². The molecule has 0 saturated carbocycles. The first-order valence-electron chi connectivity index (χ1n) is 12.3. The van der Waals surface area contributed by atoms with Gasteiger partial charge in [-0.3, -0.25) is 14.5 Å². The van der Waals surface area contributed by atoms with E-state index in [1.807, 2.05) is 25.1 Å². The summed E-state index contributed by atoms with van der Waals surface area (Å²) in [6, 6.07) is 15.8. The Balaban J connectivity index is 1.43. The molecule has 1 heterocycles. The molecule has 1 aliphatic rings. The lowest BCUT2D eigenvalue weighted by Crippen LogP contribution is -2.32. The number of amides is 2. The largest absolute Gasteiger partial charge is 0.493 e. The molecule has 9 heteroatoms. The molecule has 0 radical (unpaired) electrons. The molecule has 0 bridgehead atoms. The van der Waals surface area contributed by atoms with Crippen LogP contribution in [-0.4, -0.2) is 42.3 Å². The van der Waals surface area contributed by atoms with Gasteiger partial charge in [-0.15, -0.1) is 0 Å². The lowest BCUT2D eigenvalue weighted by Gasteiger charge is -2.17. The van der Waals surface area contributed by atoms with Crippen LogP contribution in [0.25, 0.3) is 6.08 Å². The fourth-order valence-electron chi connectivity index (χ4n) is 3.94. The Morgan fingerprint density at radius 1 is 1.00 bits per heavy atom. The average molecular weight is 550 g/mol. The summed E-state index contributed by atoms with van der Waals surface area (Å²) in [7, 11) is 1.42. The minimum Gasteiger partial charge on any atom is -0.493 e. The van der Waals surface area contributed by atoms with Crippen LogP contribution in [0.1, 0.15) is 46.8 Å².